The quantitative estimate of drug-likeness (QED) is 0.577. The molecule has 0 aromatic carbocycles. The molecule has 0 bridgehead atoms. The topological polar surface area (TPSA) is 20.3 Å². The summed E-state index contributed by atoms with van der Waals surface area (Å²) in [7, 11) is 0. The van der Waals surface area contributed by atoms with Crippen LogP contribution >= 0.6 is 0 Å². The van der Waals surface area contributed by atoms with Gasteiger partial charge >= 0.3 is 0 Å². The van der Waals surface area contributed by atoms with E-state index in [-0.39, 0.29) is 0 Å². The van der Waals surface area contributed by atoms with Crippen molar-refractivity contribution in [2.24, 2.45) is 11.8 Å². The van der Waals surface area contributed by atoms with Crippen molar-refractivity contribution in [2.45, 2.75) is 25.7 Å². The van der Waals surface area contributed by atoms with Gasteiger partial charge in [0.1, 0.15) is 0 Å². The summed E-state index contributed by atoms with van der Waals surface area (Å²) >= 11 is 0. The van der Waals surface area contributed by atoms with Gasteiger partial charge < -0.3 is 4.90 Å². The first-order chi connectivity index (χ1) is 5.77. The molecule has 1 amide bonds. The third kappa shape index (κ3) is 1.62. The Bertz CT molecular complexity index is 178. The van der Waals surface area contributed by atoms with Crippen LogP contribution in [0.1, 0.15) is 25.7 Å². The van der Waals surface area contributed by atoms with E-state index in [0.29, 0.717) is 17.7 Å². The van der Waals surface area contributed by atoms with Crippen LogP contribution in [0, 0.1) is 18.8 Å². The van der Waals surface area contributed by atoms with E-state index in [1.807, 2.05) is 4.90 Å². The Labute approximate surface area is 73.9 Å². The minimum Gasteiger partial charge on any atom is -0.342 e. The molecule has 1 saturated heterocycles. The zero-order valence-corrected chi connectivity index (χ0v) is 7.46. The van der Waals surface area contributed by atoms with Crippen LogP contribution in [0.25, 0.3) is 0 Å². The summed E-state index contributed by atoms with van der Waals surface area (Å²) in [6.45, 7) is 5.91. The molecule has 2 nitrogen and oxygen atoms in total. The van der Waals surface area contributed by atoms with Crippen LogP contribution in [-0.4, -0.2) is 23.9 Å². The molecule has 0 N–H and O–H groups in total. The molecule has 0 unspecified atom stereocenters. The molecule has 0 aromatic rings. The van der Waals surface area contributed by atoms with Crippen molar-refractivity contribution in [1.82, 2.24) is 4.90 Å². The highest BCUT2D eigenvalue weighted by atomic mass is 16.2. The number of carbonyl (C=O) groups is 1. The number of piperidine rings is 1. The molecule has 2 heteroatoms. The van der Waals surface area contributed by atoms with E-state index in [2.05, 4.69) is 6.92 Å². The smallest absolute Gasteiger partial charge is 0.225 e. The van der Waals surface area contributed by atoms with E-state index in [0.717, 1.165) is 38.8 Å². The van der Waals surface area contributed by atoms with Gasteiger partial charge in [-0.15, -0.1) is 0 Å². The largest absolute Gasteiger partial charge is 0.342 e. The molecule has 1 heterocycles. The molecular weight excluding hydrogens is 150 g/mol. The standard InChI is InChI=1S/C10H16NO/c1-8-4-6-11(7-5-8)10(12)9-2-3-9/h8-9H,1-7H2. The van der Waals surface area contributed by atoms with E-state index in [1.165, 1.54) is 0 Å². The van der Waals surface area contributed by atoms with Crippen molar-refractivity contribution in [3.05, 3.63) is 6.92 Å². The van der Waals surface area contributed by atoms with Crippen molar-refractivity contribution in [2.75, 3.05) is 13.1 Å². The lowest BCUT2D eigenvalue weighted by molar-refractivity contribution is -0.133. The van der Waals surface area contributed by atoms with Crippen molar-refractivity contribution >= 4 is 5.91 Å². The third-order valence-electron chi connectivity index (χ3n) is 2.85. The number of nitrogens with zero attached hydrogens (tertiary/aromatic N) is 1. The Morgan fingerprint density at radius 2 is 1.75 bits per heavy atom. The van der Waals surface area contributed by atoms with Crippen LogP contribution in [-0.2, 0) is 4.79 Å². The molecule has 1 aliphatic heterocycles. The number of carbonyl (C=O) groups excluding carboxylic acids is 1. The van der Waals surface area contributed by atoms with Crippen molar-refractivity contribution < 1.29 is 4.79 Å². The van der Waals surface area contributed by atoms with E-state index < -0.39 is 0 Å². The van der Waals surface area contributed by atoms with Crippen LogP contribution in [0.15, 0.2) is 0 Å². The Morgan fingerprint density at radius 3 is 2.25 bits per heavy atom. The average Bonchev–Trinajstić information content (AvgIpc) is 2.87. The maximum Gasteiger partial charge on any atom is 0.225 e. The molecule has 2 rings (SSSR count). The fourth-order valence-corrected chi connectivity index (χ4v) is 1.74. The summed E-state index contributed by atoms with van der Waals surface area (Å²) in [5.41, 5.74) is 0. The number of hydrogen-bond donors (Lipinski definition) is 0. The minimum atomic E-state index is 0.395. The van der Waals surface area contributed by atoms with Gasteiger partial charge in [-0.2, -0.15) is 0 Å². The number of rotatable bonds is 1. The second-order valence-corrected chi connectivity index (χ2v) is 4.04. The molecule has 2 aliphatic rings. The molecule has 0 aromatic heterocycles. The number of amides is 1. The summed E-state index contributed by atoms with van der Waals surface area (Å²) in [4.78, 5) is 13.6. The van der Waals surface area contributed by atoms with Crippen LogP contribution < -0.4 is 0 Å². The van der Waals surface area contributed by atoms with Gasteiger partial charge in [0.25, 0.3) is 0 Å². The lowest BCUT2D eigenvalue weighted by Gasteiger charge is -2.30. The Balaban J connectivity index is 1.84. The summed E-state index contributed by atoms with van der Waals surface area (Å²) in [6.07, 6.45) is 4.45. The molecule has 0 spiro atoms. The molecule has 12 heavy (non-hydrogen) atoms. The van der Waals surface area contributed by atoms with Crippen LogP contribution in [0.5, 0.6) is 0 Å². The normalized spacial score (nSPS) is 25.9. The van der Waals surface area contributed by atoms with Crippen molar-refractivity contribution in [3.63, 3.8) is 0 Å². The molecule has 1 aliphatic carbocycles. The van der Waals surface area contributed by atoms with Gasteiger partial charge in [0.15, 0.2) is 0 Å². The molecule has 1 saturated carbocycles. The summed E-state index contributed by atoms with van der Waals surface area (Å²) < 4.78 is 0. The van der Waals surface area contributed by atoms with Crippen molar-refractivity contribution in [3.8, 4) is 0 Å². The van der Waals surface area contributed by atoms with Crippen LogP contribution in [0.3, 0.4) is 0 Å². The Hall–Kier alpha value is -0.530. The zero-order valence-electron chi connectivity index (χ0n) is 7.46. The second kappa shape index (κ2) is 3.08. The summed E-state index contributed by atoms with van der Waals surface area (Å²) in [6, 6.07) is 0. The first-order valence-corrected chi connectivity index (χ1v) is 4.89. The maximum atomic E-state index is 11.6. The molecular formula is C10H16NO. The molecule has 0 atom stereocenters. The summed E-state index contributed by atoms with van der Waals surface area (Å²) in [5.74, 6) is 1.38. The predicted octanol–water partition coefficient (Wildman–Crippen LogP) is 1.47. The minimum absolute atomic E-state index is 0.395. The van der Waals surface area contributed by atoms with Gasteiger partial charge in [0.2, 0.25) is 5.91 Å². The monoisotopic (exact) mass is 166 g/mol. The lowest BCUT2D eigenvalue weighted by atomic mass is 9.99. The lowest BCUT2D eigenvalue weighted by Crippen LogP contribution is -2.38. The molecule has 2 fully saturated rings. The average molecular weight is 166 g/mol. The Morgan fingerprint density at radius 1 is 1.17 bits per heavy atom. The highest BCUT2D eigenvalue weighted by molar-refractivity contribution is 5.81. The number of likely N-dealkylation sites (tertiary alicyclic amines) is 1. The molecule has 67 valence electrons. The van der Waals surface area contributed by atoms with E-state index in [1.54, 1.807) is 0 Å². The highest BCUT2D eigenvalue weighted by Crippen LogP contribution is 2.32. The summed E-state index contributed by atoms with van der Waals surface area (Å²) in [5, 5.41) is 0. The van der Waals surface area contributed by atoms with Gasteiger partial charge in [-0.25, -0.2) is 0 Å². The fraction of sp³-hybridized carbons (Fsp3) is 0.800. The van der Waals surface area contributed by atoms with Gasteiger partial charge in [0, 0.05) is 19.0 Å². The fourth-order valence-electron chi connectivity index (χ4n) is 1.74. The van der Waals surface area contributed by atoms with Gasteiger partial charge in [-0.1, -0.05) is 6.92 Å². The third-order valence-corrected chi connectivity index (χ3v) is 2.85. The van der Waals surface area contributed by atoms with Crippen LogP contribution in [0.2, 0.25) is 0 Å². The van der Waals surface area contributed by atoms with E-state index in [4.69, 9.17) is 0 Å². The SMILES string of the molecule is [CH2]C1CCN(C(=O)C2CC2)CC1. The highest BCUT2D eigenvalue weighted by Gasteiger charge is 2.34. The molecule has 1 radical (unpaired) electrons. The first kappa shape index (κ1) is 8.09. The van der Waals surface area contributed by atoms with Crippen molar-refractivity contribution in [1.29, 1.82) is 0 Å². The predicted molar refractivity (Wildman–Crippen MR) is 47.4 cm³/mol. The number of hydrogen-bond acceptors (Lipinski definition) is 1. The van der Waals surface area contributed by atoms with Gasteiger partial charge in [-0.05, 0) is 31.6 Å². The maximum absolute atomic E-state index is 11.6. The van der Waals surface area contributed by atoms with E-state index >= 15 is 0 Å². The Kier molecular flexibility index (Phi) is 2.07. The van der Waals surface area contributed by atoms with Gasteiger partial charge in [-0.3, -0.25) is 4.79 Å². The first-order valence-electron chi connectivity index (χ1n) is 4.89. The second-order valence-electron chi connectivity index (χ2n) is 4.04. The van der Waals surface area contributed by atoms with Crippen LogP contribution in [0.4, 0.5) is 0 Å². The van der Waals surface area contributed by atoms with E-state index in [9.17, 15) is 4.79 Å². The zero-order chi connectivity index (χ0) is 8.55. The van der Waals surface area contributed by atoms with Gasteiger partial charge in [0.05, 0.1) is 0 Å².